The second-order valence-corrected chi connectivity index (χ2v) is 1.92. The fourth-order valence-electron chi connectivity index (χ4n) is 0.615. The summed E-state index contributed by atoms with van der Waals surface area (Å²) in [7, 11) is 1.91. The molecule has 8 heavy (non-hydrogen) atoms. The van der Waals surface area contributed by atoms with Gasteiger partial charge < -0.3 is 9.64 Å². The standard InChI is InChI=1S/C5H10N2O/c1-7-2-3-8-4-5(7)6/h6H,2-4H2,1H3. The van der Waals surface area contributed by atoms with Crippen LogP contribution in [0.4, 0.5) is 0 Å². The summed E-state index contributed by atoms with van der Waals surface area (Å²) >= 11 is 0. The molecule has 1 N–H and O–H groups in total. The Hall–Kier alpha value is -0.570. The minimum absolute atomic E-state index is 0.483. The van der Waals surface area contributed by atoms with E-state index in [4.69, 9.17) is 10.1 Å². The van der Waals surface area contributed by atoms with Gasteiger partial charge in [-0.05, 0) is 0 Å². The predicted octanol–water partition coefficient (Wildman–Crippen LogP) is -0.0743. The highest BCUT2D eigenvalue weighted by Crippen LogP contribution is 1.93. The SMILES string of the molecule is CN1CCOCC1=N. The molecule has 3 heteroatoms. The number of rotatable bonds is 0. The number of hydrogen-bond donors (Lipinski definition) is 1. The van der Waals surface area contributed by atoms with Gasteiger partial charge in [0, 0.05) is 13.6 Å². The number of amidine groups is 1. The maximum atomic E-state index is 7.20. The van der Waals surface area contributed by atoms with Crippen molar-refractivity contribution in [3.05, 3.63) is 0 Å². The summed E-state index contributed by atoms with van der Waals surface area (Å²) < 4.78 is 4.99. The zero-order valence-corrected chi connectivity index (χ0v) is 4.98. The fraction of sp³-hybridized carbons (Fsp3) is 0.800. The van der Waals surface area contributed by atoms with E-state index in [0.29, 0.717) is 12.4 Å². The molecule has 0 aromatic heterocycles. The molecule has 0 amide bonds. The minimum atomic E-state index is 0.483. The first-order valence-corrected chi connectivity index (χ1v) is 2.67. The molecule has 1 heterocycles. The summed E-state index contributed by atoms with van der Waals surface area (Å²) in [4.78, 5) is 1.89. The number of nitrogens with one attached hydrogen (secondary N) is 1. The fourth-order valence-corrected chi connectivity index (χ4v) is 0.615. The van der Waals surface area contributed by atoms with Gasteiger partial charge >= 0.3 is 0 Å². The van der Waals surface area contributed by atoms with Gasteiger partial charge in [-0.15, -0.1) is 0 Å². The molecule has 1 aliphatic heterocycles. The van der Waals surface area contributed by atoms with Crippen LogP contribution in [-0.2, 0) is 4.74 Å². The van der Waals surface area contributed by atoms with E-state index >= 15 is 0 Å². The molecule has 1 fully saturated rings. The number of morpholine rings is 1. The van der Waals surface area contributed by atoms with Crippen molar-refractivity contribution in [2.24, 2.45) is 0 Å². The molecular weight excluding hydrogens is 104 g/mol. The zero-order valence-electron chi connectivity index (χ0n) is 4.98. The Morgan fingerprint density at radius 1 is 1.75 bits per heavy atom. The molecule has 0 saturated carbocycles. The molecule has 0 aromatic carbocycles. The zero-order chi connectivity index (χ0) is 5.98. The quantitative estimate of drug-likeness (QED) is 0.478. The molecule has 0 unspecified atom stereocenters. The van der Waals surface area contributed by atoms with Crippen molar-refractivity contribution in [1.82, 2.24) is 4.90 Å². The van der Waals surface area contributed by atoms with E-state index in [0.717, 1.165) is 13.2 Å². The summed E-state index contributed by atoms with van der Waals surface area (Å²) in [5.41, 5.74) is 0. The van der Waals surface area contributed by atoms with Crippen molar-refractivity contribution in [3.8, 4) is 0 Å². The first-order chi connectivity index (χ1) is 3.80. The highest BCUT2D eigenvalue weighted by molar-refractivity contribution is 5.80. The monoisotopic (exact) mass is 114 g/mol. The molecule has 0 bridgehead atoms. The Morgan fingerprint density at radius 3 is 2.88 bits per heavy atom. The van der Waals surface area contributed by atoms with Gasteiger partial charge in [-0.3, -0.25) is 5.41 Å². The average Bonchev–Trinajstić information content (AvgIpc) is 1.77. The summed E-state index contributed by atoms with van der Waals surface area (Å²) in [6.07, 6.45) is 0. The van der Waals surface area contributed by atoms with Crippen molar-refractivity contribution in [2.45, 2.75) is 0 Å². The molecule has 1 rings (SSSR count). The van der Waals surface area contributed by atoms with Crippen LogP contribution in [0.1, 0.15) is 0 Å². The maximum absolute atomic E-state index is 7.20. The summed E-state index contributed by atoms with van der Waals surface area (Å²) in [6.45, 7) is 2.11. The van der Waals surface area contributed by atoms with Crippen LogP contribution >= 0.6 is 0 Å². The minimum Gasteiger partial charge on any atom is -0.372 e. The molecule has 1 saturated heterocycles. The molecule has 1 aliphatic rings. The third-order valence-electron chi connectivity index (χ3n) is 1.27. The number of nitrogens with zero attached hydrogens (tertiary/aromatic N) is 1. The van der Waals surface area contributed by atoms with E-state index in [1.807, 2.05) is 11.9 Å². The van der Waals surface area contributed by atoms with Crippen LogP contribution in [-0.4, -0.2) is 37.5 Å². The van der Waals surface area contributed by atoms with Gasteiger partial charge in [0.05, 0.1) is 6.61 Å². The first-order valence-electron chi connectivity index (χ1n) is 2.67. The smallest absolute Gasteiger partial charge is 0.122 e. The normalized spacial score (nSPS) is 21.6. The summed E-state index contributed by atoms with van der Waals surface area (Å²) in [6, 6.07) is 0. The van der Waals surface area contributed by atoms with Crippen molar-refractivity contribution in [2.75, 3.05) is 26.8 Å². The van der Waals surface area contributed by atoms with Gasteiger partial charge in [-0.25, -0.2) is 0 Å². The lowest BCUT2D eigenvalue weighted by molar-refractivity contribution is 0.124. The molecular formula is C5H10N2O. The lowest BCUT2D eigenvalue weighted by atomic mass is 10.4. The van der Waals surface area contributed by atoms with Crippen LogP contribution in [0.25, 0.3) is 0 Å². The van der Waals surface area contributed by atoms with Gasteiger partial charge in [0.1, 0.15) is 12.4 Å². The van der Waals surface area contributed by atoms with Crippen LogP contribution in [0.5, 0.6) is 0 Å². The predicted molar refractivity (Wildman–Crippen MR) is 31.2 cm³/mol. The Morgan fingerprint density at radius 2 is 2.50 bits per heavy atom. The number of ether oxygens (including phenoxy) is 1. The lowest BCUT2D eigenvalue weighted by Crippen LogP contribution is -2.37. The third-order valence-corrected chi connectivity index (χ3v) is 1.27. The average molecular weight is 114 g/mol. The maximum Gasteiger partial charge on any atom is 0.122 e. The molecule has 0 aliphatic carbocycles. The van der Waals surface area contributed by atoms with Gasteiger partial charge in [0.25, 0.3) is 0 Å². The van der Waals surface area contributed by atoms with Gasteiger partial charge in [0.15, 0.2) is 0 Å². The Labute approximate surface area is 48.8 Å². The number of hydrogen-bond acceptors (Lipinski definition) is 2. The molecule has 0 atom stereocenters. The van der Waals surface area contributed by atoms with E-state index in [9.17, 15) is 0 Å². The van der Waals surface area contributed by atoms with Crippen LogP contribution in [0.3, 0.4) is 0 Å². The summed E-state index contributed by atoms with van der Waals surface area (Å²) in [5, 5.41) is 7.20. The van der Waals surface area contributed by atoms with Gasteiger partial charge in [0.2, 0.25) is 0 Å². The highest BCUT2D eigenvalue weighted by Gasteiger charge is 2.08. The Kier molecular flexibility index (Phi) is 1.48. The van der Waals surface area contributed by atoms with E-state index in [-0.39, 0.29) is 0 Å². The molecule has 0 aromatic rings. The first kappa shape index (κ1) is 5.56. The van der Waals surface area contributed by atoms with Crippen LogP contribution in [0.15, 0.2) is 0 Å². The summed E-state index contributed by atoms with van der Waals surface area (Å²) in [5.74, 6) is 0.580. The van der Waals surface area contributed by atoms with Crippen molar-refractivity contribution >= 4 is 5.84 Å². The molecule has 0 radical (unpaired) electrons. The van der Waals surface area contributed by atoms with E-state index < -0.39 is 0 Å². The Bertz CT molecular complexity index is 103. The third kappa shape index (κ3) is 0.980. The number of likely N-dealkylation sites (N-methyl/N-ethyl adjacent to an activating group) is 1. The van der Waals surface area contributed by atoms with Crippen molar-refractivity contribution < 1.29 is 4.74 Å². The Balaban J connectivity index is 2.39. The van der Waals surface area contributed by atoms with Crippen molar-refractivity contribution in [3.63, 3.8) is 0 Å². The van der Waals surface area contributed by atoms with Crippen LogP contribution in [0, 0.1) is 5.41 Å². The molecule has 0 spiro atoms. The molecule has 3 nitrogen and oxygen atoms in total. The molecule has 46 valence electrons. The highest BCUT2D eigenvalue weighted by atomic mass is 16.5. The van der Waals surface area contributed by atoms with Crippen LogP contribution < -0.4 is 0 Å². The van der Waals surface area contributed by atoms with E-state index in [2.05, 4.69) is 0 Å². The van der Waals surface area contributed by atoms with Gasteiger partial charge in [-0.1, -0.05) is 0 Å². The largest absolute Gasteiger partial charge is 0.372 e. The van der Waals surface area contributed by atoms with Crippen LogP contribution in [0.2, 0.25) is 0 Å². The second kappa shape index (κ2) is 2.13. The topological polar surface area (TPSA) is 36.3 Å². The van der Waals surface area contributed by atoms with Crippen molar-refractivity contribution in [1.29, 1.82) is 5.41 Å². The van der Waals surface area contributed by atoms with Gasteiger partial charge in [-0.2, -0.15) is 0 Å². The van der Waals surface area contributed by atoms with E-state index in [1.54, 1.807) is 0 Å². The van der Waals surface area contributed by atoms with E-state index in [1.165, 1.54) is 0 Å². The lowest BCUT2D eigenvalue weighted by Gasteiger charge is -2.24. The second-order valence-electron chi connectivity index (χ2n) is 1.92.